The van der Waals surface area contributed by atoms with E-state index in [-0.39, 0.29) is 18.1 Å². The Morgan fingerprint density at radius 2 is 1.75 bits per heavy atom. The molecule has 1 saturated heterocycles. The molecule has 2 heterocycles. The summed E-state index contributed by atoms with van der Waals surface area (Å²) in [5.74, 6) is -0.106. The fraction of sp³-hybridized carbons (Fsp3) is 0.360. The van der Waals surface area contributed by atoms with Gasteiger partial charge >= 0.3 is 5.63 Å². The minimum Gasteiger partial charge on any atom is -0.423 e. The fourth-order valence-corrected chi connectivity index (χ4v) is 3.98. The molecule has 0 spiro atoms. The predicted octanol–water partition coefficient (Wildman–Crippen LogP) is 3.32. The highest BCUT2D eigenvalue weighted by molar-refractivity contribution is 5.92. The van der Waals surface area contributed by atoms with Gasteiger partial charge in [-0.1, -0.05) is 0 Å². The second-order valence-corrected chi connectivity index (χ2v) is 8.39. The normalized spacial score (nSPS) is 14.2. The van der Waals surface area contributed by atoms with E-state index in [9.17, 15) is 9.59 Å². The zero-order valence-electron chi connectivity index (χ0n) is 18.8. The van der Waals surface area contributed by atoms with Crippen LogP contribution in [0, 0.1) is 13.8 Å². The van der Waals surface area contributed by atoms with Crippen LogP contribution in [-0.4, -0.2) is 50.7 Å². The minimum atomic E-state index is -0.381. The van der Waals surface area contributed by atoms with Crippen LogP contribution in [0.1, 0.15) is 16.7 Å². The molecule has 2 aromatic carbocycles. The number of aryl methyl sites for hydroxylation is 2. The number of fused-ring (bicyclic) bond motifs is 1. The van der Waals surface area contributed by atoms with Crippen molar-refractivity contribution in [1.82, 2.24) is 4.90 Å². The molecular formula is C25H29N3O4. The average molecular weight is 436 g/mol. The Hall–Kier alpha value is -3.16. The van der Waals surface area contributed by atoms with Crippen LogP contribution in [0.5, 0.6) is 0 Å². The summed E-state index contributed by atoms with van der Waals surface area (Å²) < 4.78 is 10.8. The van der Waals surface area contributed by atoms with Crippen molar-refractivity contribution < 1.29 is 13.9 Å². The van der Waals surface area contributed by atoms with Gasteiger partial charge in [0.25, 0.3) is 0 Å². The highest BCUT2D eigenvalue weighted by Gasteiger charge is 2.14. The van der Waals surface area contributed by atoms with Crippen molar-refractivity contribution in [3.63, 3.8) is 0 Å². The van der Waals surface area contributed by atoms with Gasteiger partial charge in [-0.3, -0.25) is 9.69 Å². The second-order valence-electron chi connectivity index (χ2n) is 8.39. The summed E-state index contributed by atoms with van der Waals surface area (Å²) in [4.78, 5) is 28.7. The monoisotopic (exact) mass is 435 g/mol. The van der Waals surface area contributed by atoms with Gasteiger partial charge in [0, 0.05) is 42.5 Å². The molecule has 0 radical (unpaired) electrons. The molecule has 7 heteroatoms. The summed E-state index contributed by atoms with van der Waals surface area (Å²) in [6, 6.07) is 13.3. The van der Waals surface area contributed by atoms with Crippen molar-refractivity contribution in [1.29, 1.82) is 0 Å². The van der Waals surface area contributed by atoms with E-state index >= 15 is 0 Å². The zero-order valence-corrected chi connectivity index (χ0v) is 18.8. The maximum Gasteiger partial charge on any atom is 0.336 e. The second kappa shape index (κ2) is 9.54. The van der Waals surface area contributed by atoms with Gasteiger partial charge in [0.05, 0.1) is 19.8 Å². The highest BCUT2D eigenvalue weighted by Crippen LogP contribution is 2.23. The number of morpholine rings is 1. The Kier molecular flexibility index (Phi) is 6.58. The fourth-order valence-electron chi connectivity index (χ4n) is 3.98. The predicted molar refractivity (Wildman–Crippen MR) is 126 cm³/mol. The molecule has 1 N–H and O–H groups in total. The lowest BCUT2D eigenvalue weighted by Crippen LogP contribution is -2.36. The van der Waals surface area contributed by atoms with Gasteiger partial charge in [0.15, 0.2) is 0 Å². The first-order chi connectivity index (χ1) is 15.4. The third-order valence-corrected chi connectivity index (χ3v) is 5.83. The number of amides is 1. The van der Waals surface area contributed by atoms with Crippen molar-refractivity contribution in [3.05, 3.63) is 69.6 Å². The SMILES string of the molecule is Cc1cc2oc(=O)cc(CN(C)CC(=O)Nc3ccc(N4CCOCC4)cc3)c2cc1C. The zero-order chi connectivity index (χ0) is 22.7. The van der Waals surface area contributed by atoms with Crippen LogP contribution in [0.15, 0.2) is 51.7 Å². The van der Waals surface area contributed by atoms with Gasteiger partial charge in [-0.15, -0.1) is 0 Å². The number of carbonyl (C=O) groups excluding carboxylic acids is 1. The van der Waals surface area contributed by atoms with E-state index in [1.807, 2.05) is 62.2 Å². The van der Waals surface area contributed by atoms with E-state index in [0.29, 0.717) is 12.1 Å². The number of likely N-dealkylation sites (N-methyl/N-ethyl adjacent to an activating group) is 1. The number of hydrogen-bond donors (Lipinski definition) is 1. The topological polar surface area (TPSA) is 75.0 Å². The van der Waals surface area contributed by atoms with Gasteiger partial charge in [0.2, 0.25) is 5.91 Å². The number of benzene rings is 2. The van der Waals surface area contributed by atoms with Gasteiger partial charge in [-0.25, -0.2) is 4.79 Å². The molecule has 0 saturated carbocycles. The highest BCUT2D eigenvalue weighted by atomic mass is 16.5. The molecule has 4 rings (SSSR count). The van der Waals surface area contributed by atoms with Crippen LogP contribution in [0.4, 0.5) is 11.4 Å². The van der Waals surface area contributed by atoms with E-state index < -0.39 is 0 Å². The molecule has 1 amide bonds. The summed E-state index contributed by atoms with van der Waals surface area (Å²) in [7, 11) is 1.86. The molecule has 0 atom stereocenters. The van der Waals surface area contributed by atoms with Crippen LogP contribution in [-0.2, 0) is 16.1 Å². The Morgan fingerprint density at radius 3 is 2.47 bits per heavy atom. The molecule has 0 unspecified atom stereocenters. The lowest BCUT2D eigenvalue weighted by Gasteiger charge is -2.28. The average Bonchev–Trinajstić information content (AvgIpc) is 2.76. The van der Waals surface area contributed by atoms with Gasteiger partial charge in [-0.2, -0.15) is 0 Å². The van der Waals surface area contributed by atoms with Gasteiger partial charge in [-0.05, 0) is 74.0 Å². The van der Waals surface area contributed by atoms with Gasteiger partial charge in [0.1, 0.15) is 5.58 Å². The van der Waals surface area contributed by atoms with E-state index in [2.05, 4.69) is 10.2 Å². The molecule has 1 aliphatic rings. The molecule has 1 aromatic heterocycles. The smallest absolute Gasteiger partial charge is 0.336 e. The number of rotatable bonds is 6. The maximum absolute atomic E-state index is 12.6. The quantitative estimate of drug-likeness (QED) is 0.599. The number of anilines is 2. The Balaban J connectivity index is 1.39. The molecule has 1 fully saturated rings. The molecule has 1 aliphatic heterocycles. The summed E-state index contributed by atoms with van der Waals surface area (Å²) in [5.41, 5.74) is 5.15. The Morgan fingerprint density at radius 1 is 1.06 bits per heavy atom. The maximum atomic E-state index is 12.6. The molecule has 32 heavy (non-hydrogen) atoms. The van der Waals surface area contributed by atoms with E-state index in [4.69, 9.17) is 9.15 Å². The van der Waals surface area contributed by atoms with Crippen molar-refractivity contribution in [2.24, 2.45) is 0 Å². The molecule has 3 aromatic rings. The minimum absolute atomic E-state index is 0.106. The molecule has 168 valence electrons. The van der Waals surface area contributed by atoms with Crippen LogP contribution >= 0.6 is 0 Å². The Bertz CT molecular complexity index is 1160. The summed E-state index contributed by atoms with van der Waals surface area (Å²) in [6.07, 6.45) is 0. The van der Waals surface area contributed by atoms with Crippen LogP contribution in [0.3, 0.4) is 0 Å². The van der Waals surface area contributed by atoms with Crippen molar-refractivity contribution >= 4 is 28.3 Å². The summed E-state index contributed by atoms with van der Waals surface area (Å²) in [5, 5.41) is 3.85. The molecule has 0 bridgehead atoms. The summed E-state index contributed by atoms with van der Waals surface area (Å²) >= 11 is 0. The number of hydrogen-bond acceptors (Lipinski definition) is 6. The van der Waals surface area contributed by atoms with Gasteiger partial charge < -0.3 is 19.4 Å². The largest absolute Gasteiger partial charge is 0.423 e. The number of carbonyl (C=O) groups is 1. The first kappa shape index (κ1) is 22.0. The third-order valence-electron chi connectivity index (χ3n) is 5.83. The lowest BCUT2D eigenvalue weighted by atomic mass is 10.0. The van der Waals surface area contributed by atoms with E-state index in [1.165, 1.54) is 6.07 Å². The van der Waals surface area contributed by atoms with Crippen molar-refractivity contribution in [3.8, 4) is 0 Å². The van der Waals surface area contributed by atoms with Crippen molar-refractivity contribution in [2.45, 2.75) is 20.4 Å². The van der Waals surface area contributed by atoms with Crippen LogP contribution in [0.25, 0.3) is 11.0 Å². The molecular weight excluding hydrogens is 406 g/mol. The third kappa shape index (κ3) is 5.18. The summed E-state index contributed by atoms with van der Waals surface area (Å²) in [6.45, 7) is 7.93. The first-order valence-electron chi connectivity index (χ1n) is 10.8. The van der Waals surface area contributed by atoms with E-state index in [1.54, 1.807) is 0 Å². The molecule has 0 aliphatic carbocycles. The van der Waals surface area contributed by atoms with E-state index in [0.717, 1.165) is 59.8 Å². The van der Waals surface area contributed by atoms with Crippen molar-refractivity contribution in [2.75, 3.05) is 50.1 Å². The van der Waals surface area contributed by atoms with Crippen LogP contribution < -0.4 is 15.8 Å². The number of nitrogens with one attached hydrogen (secondary N) is 1. The lowest BCUT2D eigenvalue weighted by molar-refractivity contribution is -0.117. The standard InChI is InChI=1S/C25H29N3O4/c1-17-12-22-19(14-25(30)32-23(22)13-18(17)2)15-27(3)16-24(29)26-20-4-6-21(7-5-20)28-8-10-31-11-9-28/h4-7,12-14H,8-11,15-16H2,1-3H3,(H,26,29). The van der Waals surface area contributed by atoms with Crippen LogP contribution in [0.2, 0.25) is 0 Å². The molecule has 7 nitrogen and oxygen atoms in total. The number of nitrogens with zero attached hydrogens (tertiary/aromatic N) is 2. The first-order valence-corrected chi connectivity index (χ1v) is 10.8. The number of ether oxygens (including phenoxy) is 1. The Labute approximate surface area is 187 Å².